The highest BCUT2D eigenvalue weighted by Crippen LogP contribution is 2.50. The average molecular weight is 366 g/mol. The Balaban J connectivity index is 2.05. The van der Waals surface area contributed by atoms with Gasteiger partial charge in [0.1, 0.15) is 0 Å². The Hall–Kier alpha value is -1.14. The van der Waals surface area contributed by atoms with E-state index in [4.69, 9.17) is 0 Å². The molecule has 2 fully saturated rings. The minimum Gasteiger partial charge on any atom is -0.274 e. The zero-order valence-electron chi connectivity index (χ0n) is 15.0. The minimum absolute atomic E-state index is 0.0805. The number of hydrogen-bond donors (Lipinski definition) is 0. The third kappa shape index (κ3) is 2.84. The number of carbonyl (C=O) groups excluding carboxylic acids is 1. The molecule has 0 bridgehead atoms. The first-order valence-corrected chi connectivity index (χ1v) is 13.8. The van der Waals surface area contributed by atoms with Gasteiger partial charge in [-0.25, -0.2) is 12.7 Å². The molecular formula is C18H27NO3SSi. The molecule has 1 saturated carbocycles. The highest BCUT2D eigenvalue weighted by Gasteiger charge is 2.56. The van der Waals surface area contributed by atoms with Gasteiger partial charge in [-0.1, -0.05) is 50.2 Å². The van der Waals surface area contributed by atoms with E-state index < -0.39 is 18.1 Å². The van der Waals surface area contributed by atoms with Crippen LogP contribution in [0.15, 0.2) is 29.2 Å². The van der Waals surface area contributed by atoms with Crippen LogP contribution in [0.3, 0.4) is 0 Å². The fraction of sp³-hybridized carbons (Fsp3) is 0.611. The minimum atomic E-state index is -3.76. The number of amides is 1. The molecule has 132 valence electrons. The Morgan fingerprint density at radius 1 is 1.04 bits per heavy atom. The van der Waals surface area contributed by atoms with Crippen LogP contribution in [0.2, 0.25) is 25.2 Å². The van der Waals surface area contributed by atoms with Gasteiger partial charge < -0.3 is 0 Å². The number of benzene rings is 1. The van der Waals surface area contributed by atoms with Crippen LogP contribution in [0.1, 0.15) is 31.2 Å². The number of carbonyl (C=O) groups is 1. The zero-order chi connectivity index (χ0) is 17.7. The van der Waals surface area contributed by atoms with Crippen molar-refractivity contribution in [1.29, 1.82) is 0 Å². The summed E-state index contributed by atoms with van der Waals surface area (Å²) in [5, 5.41) is 0. The molecule has 1 saturated heterocycles. The maximum atomic E-state index is 13.2. The molecule has 6 heteroatoms. The van der Waals surface area contributed by atoms with Crippen molar-refractivity contribution in [1.82, 2.24) is 4.31 Å². The Morgan fingerprint density at radius 2 is 1.62 bits per heavy atom. The van der Waals surface area contributed by atoms with Crippen LogP contribution >= 0.6 is 0 Å². The number of hydrogen-bond acceptors (Lipinski definition) is 3. The lowest BCUT2D eigenvalue weighted by Crippen LogP contribution is -2.41. The predicted octanol–water partition coefficient (Wildman–Crippen LogP) is 3.79. The number of rotatable bonds is 3. The fourth-order valence-corrected chi connectivity index (χ4v) is 8.76. The molecule has 24 heavy (non-hydrogen) atoms. The Kier molecular flexibility index (Phi) is 4.41. The summed E-state index contributed by atoms with van der Waals surface area (Å²) in [5.41, 5.74) is 0.931. The number of nitrogens with zero attached hydrogens (tertiary/aromatic N) is 1. The third-order valence-corrected chi connectivity index (χ3v) is 9.88. The molecule has 1 aliphatic heterocycles. The third-order valence-electron chi connectivity index (χ3n) is 5.51. The van der Waals surface area contributed by atoms with E-state index in [1.807, 2.05) is 6.92 Å². The largest absolute Gasteiger partial charge is 0.274 e. The van der Waals surface area contributed by atoms with Gasteiger partial charge in [-0.05, 0) is 37.8 Å². The van der Waals surface area contributed by atoms with Crippen molar-refractivity contribution in [3.63, 3.8) is 0 Å². The summed E-state index contributed by atoms with van der Waals surface area (Å²) in [6.45, 7) is 8.48. The van der Waals surface area contributed by atoms with Gasteiger partial charge in [0.2, 0.25) is 5.91 Å². The molecule has 2 aliphatic rings. The van der Waals surface area contributed by atoms with E-state index in [1.54, 1.807) is 24.3 Å². The second-order valence-electron chi connectivity index (χ2n) is 8.31. The summed E-state index contributed by atoms with van der Waals surface area (Å²) in [7, 11) is -5.54. The van der Waals surface area contributed by atoms with E-state index in [9.17, 15) is 13.2 Å². The van der Waals surface area contributed by atoms with Gasteiger partial charge in [-0.15, -0.1) is 0 Å². The number of sulfonamides is 1. The summed E-state index contributed by atoms with van der Waals surface area (Å²) < 4.78 is 27.7. The molecule has 1 amide bonds. The van der Waals surface area contributed by atoms with Gasteiger partial charge in [0.25, 0.3) is 10.0 Å². The Morgan fingerprint density at radius 3 is 2.21 bits per heavy atom. The van der Waals surface area contributed by atoms with Gasteiger partial charge in [0, 0.05) is 5.54 Å². The molecule has 1 aromatic rings. The summed E-state index contributed by atoms with van der Waals surface area (Å²) in [6, 6.07) is 6.69. The molecule has 4 nitrogen and oxygen atoms in total. The van der Waals surface area contributed by atoms with Crippen molar-refractivity contribution in [3.05, 3.63) is 29.8 Å². The first-order chi connectivity index (χ1) is 11.1. The molecule has 3 atom stereocenters. The van der Waals surface area contributed by atoms with Crippen molar-refractivity contribution >= 4 is 24.0 Å². The van der Waals surface area contributed by atoms with Crippen LogP contribution in [0.4, 0.5) is 0 Å². The van der Waals surface area contributed by atoms with Crippen LogP contribution in [-0.2, 0) is 14.8 Å². The number of aryl methyl sites for hydroxylation is 1. The van der Waals surface area contributed by atoms with Crippen molar-refractivity contribution in [2.75, 3.05) is 0 Å². The molecular weight excluding hydrogens is 338 g/mol. The van der Waals surface area contributed by atoms with Crippen LogP contribution in [0.25, 0.3) is 0 Å². The van der Waals surface area contributed by atoms with Crippen LogP contribution in [0.5, 0.6) is 0 Å². The van der Waals surface area contributed by atoms with Gasteiger partial charge in [-0.2, -0.15) is 0 Å². The normalized spacial score (nSPS) is 28.1. The SMILES string of the molecule is Cc1ccc(S(=O)(=O)N2C(=O)C([Si](C)(C)C)[C@@H]3CCCC[C@H]32)cc1. The Bertz CT molecular complexity index is 737. The van der Waals surface area contributed by atoms with E-state index in [2.05, 4.69) is 19.6 Å². The molecule has 0 aromatic heterocycles. The van der Waals surface area contributed by atoms with Crippen molar-refractivity contribution in [3.8, 4) is 0 Å². The number of fused-ring (bicyclic) bond motifs is 1. The maximum Gasteiger partial charge on any atom is 0.266 e. The van der Waals surface area contributed by atoms with E-state index in [0.29, 0.717) is 0 Å². The standard InChI is InChI=1S/C18H27NO3SSi/c1-13-9-11-14(12-10-13)23(21,22)19-16-8-6-5-7-15(16)17(18(19)20)24(2,3)4/h9-12,15-17H,5-8H2,1-4H3/t15-,16-,17?/m1/s1. The van der Waals surface area contributed by atoms with E-state index in [1.165, 1.54) is 4.31 Å². The second kappa shape index (κ2) is 5.99. The summed E-state index contributed by atoms with van der Waals surface area (Å²) in [4.78, 5) is 13.4. The topological polar surface area (TPSA) is 54.5 Å². The second-order valence-corrected chi connectivity index (χ2v) is 15.5. The molecule has 3 rings (SSSR count). The summed E-state index contributed by atoms with van der Waals surface area (Å²) >= 11 is 0. The molecule has 1 aliphatic carbocycles. The highest BCUT2D eigenvalue weighted by molar-refractivity contribution is 7.89. The molecule has 0 radical (unpaired) electrons. The first kappa shape index (κ1) is 17.7. The van der Waals surface area contributed by atoms with Crippen molar-refractivity contribution in [2.24, 2.45) is 5.92 Å². The molecule has 1 aromatic carbocycles. The predicted molar refractivity (Wildman–Crippen MR) is 98.1 cm³/mol. The van der Waals surface area contributed by atoms with Crippen LogP contribution < -0.4 is 0 Å². The highest BCUT2D eigenvalue weighted by atomic mass is 32.2. The fourth-order valence-electron chi connectivity index (χ4n) is 4.44. The lowest BCUT2D eigenvalue weighted by atomic mass is 9.85. The zero-order valence-corrected chi connectivity index (χ0v) is 16.8. The summed E-state index contributed by atoms with van der Waals surface area (Å²) in [6.07, 6.45) is 3.90. The van der Waals surface area contributed by atoms with Gasteiger partial charge in [0.05, 0.1) is 19.0 Å². The van der Waals surface area contributed by atoms with Crippen LogP contribution in [-0.4, -0.2) is 32.7 Å². The van der Waals surface area contributed by atoms with Gasteiger partial charge in [-0.3, -0.25) is 4.79 Å². The average Bonchev–Trinajstić information content (AvgIpc) is 2.79. The molecule has 1 heterocycles. The lowest BCUT2D eigenvalue weighted by Gasteiger charge is -2.33. The van der Waals surface area contributed by atoms with E-state index >= 15 is 0 Å². The summed E-state index contributed by atoms with van der Waals surface area (Å²) in [5.74, 6) is 0.0600. The van der Waals surface area contributed by atoms with Crippen LogP contribution in [0, 0.1) is 12.8 Å². The van der Waals surface area contributed by atoms with Crippen molar-refractivity contribution in [2.45, 2.75) is 68.7 Å². The smallest absolute Gasteiger partial charge is 0.266 e. The van der Waals surface area contributed by atoms with Gasteiger partial charge >= 0.3 is 0 Å². The monoisotopic (exact) mass is 365 g/mol. The van der Waals surface area contributed by atoms with E-state index in [0.717, 1.165) is 31.2 Å². The van der Waals surface area contributed by atoms with E-state index in [-0.39, 0.29) is 28.3 Å². The van der Waals surface area contributed by atoms with Gasteiger partial charge in [0.15, 0.2) is 0 Å². The first-order valence-electron chi connectivity index (χ1n) is 8.79. The van der Waals surface area contributed by atoms with Crippen molar-refractivity contribution < 1.29 is 13.2 Å². The maximum absolute atomic E-state index is 13.2. The molecule has 1 unspecified atom stereocenters. The Labute approximate surface area is 146 Å². The molecule has 0 N–H and O–H groups in total. The lowest BCUT2D eigenvalue weighted by molar-refractivity contribution is -0.124. The molecule has 0 spiro atoms. The quantitative estimate of drug-likeness (QED) is 0.766.